The molecule has 1 atom stereocenters. The summed E-state index contributed by atoms with van der Waals surface area (Å²) in [6.45, 7) is 6.73. The Balaban J connectivity index is 4.27. The van der Waals surface area contributed by atoms with Gasteiger partial charge in [0.1, 0.15) is 13.2 Å². The van der Waals surface area contributed by atoms with E-state index in [9.17, 15) is 14.4 Å². The van der Waals surface area contributed by atoms with Gasteiger partial charge in [0, 0.05) is 19.3 Å². The lowest BCUT2D eigenvalue weighted by Gasteiger charge is -2.18. The molecule has 0 bridgehead atoms. The Bertz CT molecular complexity index is 1040. The topological polar surface area (TPSA) is 78.9 Å². The SMILES string of the molecule is CCCCCCCCCCCCCCCCCCCCCC(=O)OC[C@@H](COC(=O)CCCCCCCCCCCCCCCCCC)OC(=O)CCCCCCCCCCCCCCCCCCC. The van der Waals surface area contributed by atoms with Crippen LogP contribution in [0.1, 0.15) is 374 Å². The Hall–Kier alpha value is -1.59. The molecule has 0 radical (unpaired) electrons. The van der Waals surface area contributed by atoms with Crippen LogP contribution in [0.4, 0.5) is 0 Å². The fourth-order valence-corrected chi connectivity index (χ4v) is 10.0. The Morgan fingerprint density at radius 2 is 0.386 bits per heavy atom. The normalized spacial score (nSPS) is 11.9. The molecule has 6 heteroatoms. The molecular weight excluding hydrogens is 865 g/mol. The van der Waals surface area contributed by atoms with Gasteiger partial charge in [-0.05, 0) is 19.3 Å². The third-order valence-electron chi connectivity index (χ3n) is 14.9. The fraction of sp³-hybridized carbons (Fsp3) is 0.953. The minimum Gasteiger partial charge on any atom is -0.462 e. The van der Waals surface area contributed by atoms with Crippen LogP contribution >= 0.6 is 0 Å². The zero-order valence-electron chi connectivity index (χ0n) is 47.8. The van der Waals surface area contributed by atoms with Crippen LogP contribution in [0.25, 0.3) is 0 Å². The lowest BCUT2D eigenvalue weighted by molar-refractivity contribution is -0.167. The zero-order valence-corrected chi connectivity index (χ0v) is 47.8. The highest BCUT2D eigenvalue weighted by molar-refractivity contribution is 5.71. The number of carbonyl (C=O) groups is 3. The molecule has 0 fully saturated rings. The van der Waals surface area contributed by atoms with E-state index in [-0.39, 0.29) is 31.1 Å². The van der Waals surface area contributed by atoms with Gasteiger partial charge in [-0.25, -0.2) is 0 Å². The average molecular weight is 990 g/mol. The van der Waals surface area contributed by atoms with Crippen molar-refractivity contribution in [2.75, 3.05) is 13.2 Å². The number of ether oxygens (including phenoxy) is 3. The van der Waals surface area contributed by atoms with E-state index in [2.05, 4.69) is 20.8 Å². The van der Waals surface area contributed by atoms with Crippen molar-refractivity contribution < 1.29 is 28.6 Å². The Labute approximate surface area is 438 Å². The molecule has 0 amide bonds. The second-order valence-electron chi connectivity index (χ2n) is 22.1. The third kappa shape index (κ3) is 57.3. The maximum absolute atomic E-state index is 12.9. The number of carbonyl (C=O) groups excluding carboxylic acids is 3. The molecular formula is C64H124O6. The maximum atomic E-state index is 12.9. The summed E-state index contributed by atoms with van der Waals surface area (Å²) in [6, 6.07) is 0. The molecule has 0 unspecified atom stereocenters. The first-order chi connectivity index (χ1) is 34.5. The highest BCUT2D eigenvalue weighted by atomic mass is 16.6. The Kier molecular flexibility index (Phi) is 58.6. The summed E-state index contributed by atoms with van der Waals surface area (Å²) in [5.41, 5.74) is 0. The monoisotopic (exact) mass is 989 g/mol. The molecule has 0 aliphatic carbocycles. The van der Waals surface area contributed by atoms with E-state index in [4.69, 9.17) is 14.2 Å². The summed E-state index contributed by atoms with van der Waals surface area (Å²) < 4.78 is 17.0. The standard InChI is InChI=1S/C64H124O6/c1-4-7-10-13-16-19-22-25-28-31-32-34-36-39-42-45-48-51-54-57-63(66)69-60-61(59-68-62(65)56-53-50-47-44-41-38-35-30-27-24-21-18-15-12-9-6-3)70-64(67)58-55-52-49-46-43-40-37-33-29-26-23-20-17-14-11-8-5-2/h61H,4-60H2,1-3H3/t61-/m1/s1. The summed E-state index contributed by atoms with van der Waals surface area (Å²) in [5, 5.41) is 0. The molecule has 0 spiro atoms. The van der Waals surface area contributed by atoms with Gasteiger partial charge in [0.25, 0.3) is 0 Å². The minimum absolute atomic E-state index is 0.0604. The quantitative estimate of drug-likeness (QED) is 0.0343. The molecule has 0 saturated heterocycles. The van der Waals surface area contributed by atoms with Crippen molar-refractivity contribution in [3.8, 4) is 0 Å². The average Bonchev–Trinajstić information content (AvgIpc) is 3.36. The van der Waals surface area contributed by atoms with Gasteiger partial charge in [-0.3, -0.25) is 14.4 Å². The van der Waals surface area contributed by atoms with Gasteiger partial charge < -0.3 is 14.2 Å². The predicted octanol–water partition coefficient (Wildman–Crippen LogP) is 21.5. The first-order valence-corrected chi connectivity index (χ1v) is 32.0. The van der Waals surface area contributed by atoms with Crippen LogP contribution in [0, 0.1) is 0 Å². The largest absolute Gasteiger partial charge is 0.462 e. The second kappa shape index (κ2) is 60.0. The highest BCUT2D eigenvalue weighted by Crippen LogP contribution is 2.19. The molecule has 0 aromatic heterocycles. The second-order valence-corrected chi connectivity index (χ2v) is 22.1. The van der Waals surface area contributed by atoms with E-state index < -0.39 is 6.10 Å². The van der Waals surface area contributed by atoms with Gasteiger partial charge >= 0.3 is 17.9 Å². The summed E-state index contributed by atoms with van der Waals surface area (Å²) in [4.78, 5) is 38.3. The number of unbranched alkanes of at least 4 members (excludes halogenated alkanes) is 49. The van der Waals surface area contributed by atoms with Crippen molar-refractivity contribution in [1.82, 2.24) is 0 Å². The van der Waals surface area contributed by atoms with Crippen molar-refractivity contribution >= 4 is 17.9 Å². The van der Waals surface area contributed by atoms with E-state index in [1.807, 2.05) is 0 Å². The van der Waals surface area contributed by atoms with Crippen molar-refractivity contribution in [1.29, 1.82) is 0 Å². The van der Waals surface area contributed by atoms with Gasteiger partial charge in [0.2, 0.25) is 0 Å². The molecule has 0 heterocycles. The smallest absolute Gasteiger partial charge is 0.306 e. The number of hydrogen-bond donors (Lipinski definition) is 0. The summed E-state index contributed by atoms with van der Waals surface area (Å²) >= 11 is 0. The molecule has 70 heavy (non-hydrogen) atoms. The third-order valence-corrected chi connectivity index (χ3v) is 14.9. The Morgan fingerprint density at radius 3 is 0.571 bits per heavy atom. The van der Waals surface area contributed by atoms with E-state index in [1.165, 1.54) is 276 Å². The van der Waals surface area contributed by atoms with Crippen LogP contribution in [-0.2, 0) is 28.6 Å². The van der Waals surface area contributed by atoms with Crippen LogP contribution in [-0.4, -0.2) is 37.2 Å². The minimum atomic E-state index is -0.762. The Morgan fingerprint density at radius 1 is 0.229 bits per heavy atom. The summed E-state index contributed by atoms with van der Waals surface area (Å²) in [5.74, 6) is -0.824. The van der Waals surface area contributed by atoms with E-state index in [1.54, 1.807) is 0 Å². The van der Waals surface area contributed by atoms with Crippen molar-refractivity contribution in [2.24, 2.45) is 0 Å². The molecule has 0 N–H and O–H groups in total. The van der Waals surface area contributed by atoms with E-state index in [0.717, 1.165) is 57.8 Å². The maximum Gasteiger partial charge on any atom is 0.306 e. The van der Waals surface area contributed by atoms with Gasteiger partial charge in [-0.1, -0.05) is 335 Å². The van der Waals surface area contributed by atoms with Crippen molar-refractivity contribution in [2.45, 2.75) is 380 Å². The van der Waals surface area contributed by atoms with Gasteiger partial charge in [0.05, 0.1) is 0 Å². The van der Waals surface area contributed by atoms with E-state index in [0.29, 0.717) is 19.3 Å². The predicted molar refractivity (Wildman–Crippen MR) is 303 cm³/mol. The summed E-state index contributed by atoms with van der Waals surface area (Å²) in [7, 11) is 0. The molecule has 0 saturated carbocycles. The molecule has 416 valence electrons. The first kappa shape index (κ1) is 68.4. The molecule has 6 nitrogen and oxygen atoms in total. The molecule has 0 aliphatic heterocycles. The fourth-order valence-electron chi connectivity index (χ4n) is 10.0. The van der Waals surface area contributed by atoms with E-state index >= 15 is 0 Å². The molecule has 0 aliphatic rings. The van der Waals surface area contributed by atoms with Gasteiger partial charge in [0.15, 0.2) is 6.10 Å². The van der Waals surface area contributed by atoms with Crippen LogP contribution in [0.3, 0.4) is 0 Å². The van der Waals surface area contributed by atoms with Crippen molar-refractivity contribution in [3.63, 3.8) is 0 Å². The lowest BCUT2D eigenvalue weighted by Crippen LogP contribution is -2.30. The number of hydrogen-bond acceptors (Lipinski definition) is 6. The molecule has 0 aromatic carbocycles. The van der Waals surface area contributed by atoms with Crippen LogP contribution < -0.4 is 0 Å². The number of esters is 3. The first-order valence-electron chi connectivity index (χ1n) is 32.0. The van der Waals surface area contributed by atoms with Crippen LogP contribution in [0.5, 0.6) is 0 Å². The van der Waals surface area contributed by atoms with Crippen LogP contribution in [0.15, 0.2) is 0 Å². The zero-order chi connectivity index (χ0) is 50.7. The van der Waals surface area contributed by atoms with Crippen LogP contribution in [0.2, 0.25) is 0 Å². The summed E-state index contributed by atoms with van der Waals surface area (Å²) in [6.07, 6.45) is 68.2. The molecule has 0 aromatic rings. The lowest BCUT2D eigenvalue weighted by atomic mass is 10.0. The van der Waals surface area contributed by atoms with Gasteiger partial charge in [-0.15, -0.1) is 0 Å². The van der Waals surface area contributed by atoms with Gasteiger partial charge in [-0.2, -0.15) is 0 Å². The van der Waals surface area contributed by atoms with Crippen molar-refractivity contribution in [3.05, 3.63) is 0 Å². The highest BCUT2D eigenvalue weighted by Gasteiger charge is 2.19. The molecule has 0 rings (SSSR count). The number of rotatable bonds is 60.